The van der Waals surface area contributed by atoms with Gasteiger partial charge in [0.2, 0.25) is 11.8 Å². The zero-order chi connectivity index (χ0) is 20.7. The fourth-order valence-electron chi connectivity index (χ4n) is 5.03. The molecule has 3 aliphatic rings. The minimum Gasteiger partial charge on any atom is -0.456 e. The van der Waals surface area contributed by atoms with Crippen molar-refractivity contribution in [2.75, 3.05) is 18.5 Å². The summed E-state index contributed by atoms with van der Waals surface area (Å²) in [7, 11) is 0. The summed E-state index contributed by atoms with van der Waals surface area (Å²) in [6.07, 6.45) is 2.92. The van der Waals surface area contributed by atoms with E-state index < -0.39 is 18.5 Å². The van der Waals surface area contributed by atoms with E-state index in [1.54, 1.807) is 12.1 Å². The van der Waals surface area contributed by atoms with E-state index in [9.17, 15) is 19.2 Å². The van der Waals surface area contributed by atoms with Crippen LogP contribution in [0.15, 0.2) is 22.7 Å². The van der Waals surface area contributed by atoms with Gasteiger partial charge in [-0.15, -0.1) is 0 Å². The average molecular weight is 463 g/mol. The van der Waals surface area contributed by atoms with Crippen molar-refractivity contribution in [1.82, 2.24) is 4.90 Å². The highest BCUT2D eigenvalue weighted by molar-refractivity contribution is 9.10. The van der Waals surface area contributed by atoms with Gasteiger partial charge in [-0.1, -0.05) is 15.9 Å². The van der Waals surface area contributed by atoms with Crippen LogP contribution in [0.2, 0.25) is 0 Å². The molecule has 1 aliphatic heterocycles. The smallest absolute Gasteiger partial charge is 0.308 e. The van der Waals surface area contributed by atoms with E-state index in [1.807, 2.05) is 13.0 Å². The number of carbonyl (C=O) groups is 4. The van der Waals surface area contributed by atoms with Crippen molar-refractivity contribution < 1.29 is 23.9 Å². The van der Waals surface area contributed by atoms with Crippen molar-refractivity contribution in [2.24, 2.45) is 23.7 Å². The first kappa shape index (κ1) is 20.1. The Hall–Kier alpha value is -2.22. The molecule has 4 atom stereocenters. The number of rotatable bonds is 6. The minimum atomic E-state index is -0.604. The normalized spacial score (nSPS) is 27.3. The predicted molar refractivity (Wildman–Crippen MR) is 108 cm³/mol. The summed E-state index contributed by atoms with van der Waals surface area (Å²) in [5.41, 5.74) is 1.58. The van der Waals surface area contributed by atoms with Gasteiger partial charge >= 0.3 is 5.97 Å². The number of ether oxygens (including phenoxy) is 1. The molecule has 0 radical (unpaired) electrons. The van der Waals surface area contributed by atoms with Gasteiger partial charge in [0.25, 0.3) is 5.91 Å². The summed E-state index contributed by atoms with van der Waals surface area (Å²) in [6, 6.07) is 5.37. The van der Waals surface area contributed by atoms with Gasteiger partial charge in [-0.05, 0) is 61.8 Å². The van der Waals surface area contributed by atoms with Crippen LogP contribution in [-0.4, -0.2) is 41.7 Å². The number of carbonyl (C=O) groups excluding carboxylic acids is 4. The monoisotopic (exact) mass is 462 g/mol. The van der Waals surface area contributed by atoms with Gasteiger partial charge in [-0.3, -0.25) is 24.1 Å². The lowest BCUT2D eigenvalue weighted by Gasteiger charge is -2.19. The van der Waals surface area contributed by atoms with Gasteiger partial charge in [-0.2, -0.15) is 0 Å². The number of aryl methyl sites for hydroxylation is 1. The molecule has 0 unspecified atom stereocenters. The number of nitrogens with one attached hydrogen (secondary N) is 1. The summed E-state index contributed by atoms with van der Waals surface area (Å²) >= 11 is 3.39. The molecule has 0 spiro atoms. The fraction of sp³-hybridized carbons (Fsp3) is 0.524. The zero-order valence-electron chi connectivity index (χ0n) is 16.2. The summed E-state index contributed by atoms with van der Waals surface area (Å²) < 4.78 is 5.93. The maximum absolute atomic E-state index is 12.6. The van der Waals surface area contributed by atoms with Crippen LogP contribution in [0.5, 0.6) is 0 Å². The van der Waals surface area contributed by atoms with E-state index in [0.29, 0.717) is 17.5 Å². The van der Waals surface area contributed by atoms with Crippen LogP contribution in [0.4, 0.5) is 5.69 Å². The van der Waals surface area contributed by atoms with Crippen molar-refractivity contribution >= 4 is 45.3 Å². The molecule has 8 heteroatoms. The fourth-order valence-corrected chi connectivity index (χ4v) is 5.28. The first-order valence-corrected chi connectivity index (χ1v) is 10.7. The summed E-state index contributed by atoms with van der Waals surface area (Å²) in [5.74, 6) is -1.04. The lowest BCUT2D eigenvalue weighted by molar-refractivity contribution is -0.149. The lowest BCUT2D eigenvalue weighted by Crippen LogP contribution is -2.35. The number of amides is 3. The number of fused-ring (bicyclic) bond motifs is 5. The molecule has 2 saturated carbocycles. The first-order chi connectivity index (χ1) is 13.8. The largest absolute Gasteiger partial charge is 0.456 e. The molecule has 0 aromatic heterocycles. The molecule has 1 N–H and O–H groups in total. The van der Waals surface area contributed by atoms with E-state index in [2.05, 4.69) is 21.2 Å². The number of nitrogens with zero attached hydrogens (tertiary/aromatic N) is 1. The highest BCUT2D eigenvalue weighted by atomic mass is 79.9. The molecule has 154 valence electrons. The van der Waals surface area contributed by atoms with Crippen molar-refractivity contribution in [1.29, 1.82) is 0 Å². The topological polar surface area (TPSA) is 92.8 Å². The van der Waals surface area contributed by atoms with Crippen LogP contribution in [0.3, 0.4) is 0 Å². The van der Waals surface area contributed by atoms with Crippen molar-refractivity contribution in [3.05, 3.63) is 28.2 Å². The molecule has 4 rings (SSSR count). The second kappa shape index (κ2) is 7.89. The van der Waals surface area contributed by atoms with Crippen LogP contribution < -0.4 is 5.32 Å². The molecular formula is C21H23BrN2O5. The molecule has 2 bridgehead atoms. The van der Waals surface area contributed by atoms with Crippen LogP contribution in [0.25, 0.3) is 0 Å². The quantitative estimate of drug-likeness (QED) is 0.518. The van der Waals surface area contributed by atoms with E-state index in [1.165, 1.54) is 4.90 Å². The second-order valence-electron chi connectivity index (χ2n) is 8.14. The molecule has 7 nitrogen and oxygen atoms in total. The van der Waals surface area contributed by atoms with E-state index in [4.69, 9.17) is 4.74 Å². The van der Waals surface area contributed by atoms with Crippen LogP contribution >= 0.6 is 15.9 Å². The maximum atomic E-state index is 12.6. The standard InChI is InChI=1S/C21H23BrN2O5/c1-11-8-14(4-5-15(11)22)23-16(25)10-29-17(26)6-7-24-20(27)18-12-2-3-13(9-12)19(18)21(24)28/h4-5,8,12-13,18-19H,2-3,6-7,9-10H2,1H3,(H,23,25)/t12-,13-,18+,19+/m0/s1. The first-order valence-electron chi connectivity index (χ1n) is 9.92. The van der Waals surface area contributed by atoms with E-state index in [0.717, 1.165) is 29.3 Å². The molecule has 1 saturated heterocycles. The lowest BCUT2D eigenvalue weighted by atomic mass is 9.81. The van der Waals surface area contributed by atoms with E-state index in [-0.39, 0.29) is 36.6 Å². The molecule has 3 amide bonds. The number of imide groups is 1. The predicted octanol–water partition coefficient (Wildman–Crippen LogP) is 2.66. The van der Waals surface area contributed by atoms with Crippen molar-refractivity contribution in [3.63, 3.8) is 0 Å². The van der Waals surface area contributed by atoms with Gasteiger partial charge in [0.1, 0.15) is 0 Å². The van der Waals surface area contributed by atoms with Crippen molar-refractivity contribution in [3.8, 4) is 0 Å². The van der Waals surface area contributed by atoms with Gasteiger partial charge in [0.15, 0.2) is 6.61 Å². The molecule has 2 aliphatic carbocycles. The Morgan fingerprint density at radius 1 is 1.17 bits per heavy atom. The Morgan fingerprint density at radius 2 is 1.83 bits per heavy atom. The number of esters is 1. The number of anilines is 1. The van der Waals surface area contributed by atoms with Gasteiger partial charge in [0.05, 0.1) is 18.3 Å². The molecule has 1 aromatic carbocycles. The number of benzene rings is 1. The van der Waals surface area contributed by atoms with Gasteiger partial charge in [-0.25, -0.2) is 0 Å². The van der Waals surface area contributed by atoms with Gasteiger partial charge in [0, 0.05) is 16.7 Å². The van der Waals surface area contributed by atoms with Gasteiger partial charge < -0.3 is 10.1 Å². The second-order valence-corrected chi connectivity index (χ2v) is 8.99. The van der Waals surface area contributed by atoms with Crippen LogP contribution in [0.1, 0.15) is 31.2 Å². The molecule has 3 fully saturated rings. The van der Waals surface area contributed by atoms with Crippen molar-refractivity contribution in [2.45, 2.75) is 32.6 Å². The number of likely N-dealkylation sites (tertiary alicyclic amines) is 1. The Morgan fingerprint density at radius 3 is 2.45 bits per heavy atom. The Balaban J connectivity index is 1.23. The third-order valence-corrected chi connectivity index (χ3v) is 7.25. The Bertz CT molecular complexity index is 858. The molecular weight excluding hydrogens is 440 g/mol. The van der Waals surface area contributed by atoms with Crippen LogP contribution in [-0.2, 0) is 23.9 Å². The maximum Gasteiger partial charge on any atom is 0.308 e. The highest BCUT2D eigenvalue weighted by Gasteiger charge is 2.60. The third-order valence-electron chi connectivity index (χ3n) is 6.36. The summed E-state index contributed by atoms with van der Waals surface area (Å²) in [6.45, 7) is 1.52. The SMILES string of the molecule is Cc1cc(NC(=O)COC(=O)CCN2C(=O)[C@@H]3[C@H]4CC[C@@H](C4)[C@H]3C2=O)ccc1Br. The van der Waals surface area contributed by atoms with Crippen LogP contribution in [0, 0.1) is 30.6 Å². The Kier molecular flexibility index (Phi) is 5.46. The third kappa shape index (κ3) is 3.82. The number of hydrogen-bond acceptors (Lipinski definition) is 5. The zero-order valence-corrected chi connectivity index (χ0v) is 17.7. The molecule has 29 heavy (non-hydrogen) atoms. The average Bonchev–Trinajstić information content (AvgIpc) is 3.36. The molecule has 1 aromatic rings. The molecule has 1 heterocycles. The number of hydrogen-bond donors (Lipinski definition) is 1. The minimum absolute atomic E-state index is 0.0243. The number of halogens is 1. The Labute approximate surface area is 177 Å². The summed E-state index contributed by atoms with van der Waals surface area (Å²) in [4.78, 5) is 50.4. The highest BCUT2D eigenvalue weighted by Crippen LogP contribution is 2.56. The van der Waals surface area contributed by atoms with E-state index >= 15 is 0 Å². The summed E-state index contributed by atoms with van der Waals surface area (Å²) in [5, 5.41) is 2.66.